The van der Waals surface area contributed by atoms with E-state index >= 15 is 0 Å². The minimum absolute atomic E-state index is 0.0644. The maximum Gasteiger partial charge on any atom is 0.326 e. The lowest BCUT2D eigenvalue weighted by molar-refractivity contribution is -0.138. The first-order chi connectivity index (χ1) is 10.4. The normalized spacial score (nSPS) is 12.2. The van der Waals surface area contributed by atoms with Gasteiger partial charge in [-0.1, -0.05) is 31.1 Å². The molecule has 0 spiro atoms. The fourth-order valence-electron chi connectivity index (χ4n) is 2.08. The molecule has 6 nitrogen and oxygen atoms in total. The molecule has 2 rings (SSSR count). The van der Waals surface area contributed by atoms with Crippen molar-refractivity contribution >= 4 is 17.5 Å². The molecule has 0 saturated carbocycles. The summed E-state index contributed by atoms with van der Waals surface area (Å²) in [5, 5.41) is 16.0. The summed E-state index contributed by atoms with van der Waals surface area (Å²) in [7, 11) is 3.95. The van der Waals surface area contributed by atoms with Crippen LogP contribution in [0.2, 0.25) is 0 Å². The van der Waals surface area contributed by atoms with Crippen LogP contribution in [0.15, 0.2) is 34.9 Å². The van der Waals surface area contributed by atoms with Crippen LogP contribution in [0, 0.1) is 5.92 Å². The molecule has 1 aromatic carbocycles. The highest BCUT2D eigenvalue weighted by atomic mass is 16.5. The van der Waals surface area contributed by atoms with E-state index in [-0.39, 0.29) is 5.92 Å². The molecule has 2 aromatic rings. The van der Waals surface area contributed by atoms with Gasteiger partial charge in [-0.15, -0.1) is 0 Å². The van der Waals surface area contributed by atoms with Crippen molar-refractivity contribution in [3.8, 4) is 11.3 Å². The molecule has 6 heteroatoms. The van der Waals surface area contributed by atoms with Crippen molar-refractivity contribution in [3.05, 3.63) is 30.3 Å². The summed E-state index contributed by atoms with van der Waals surface area (Å²) in [5.74, 6) is -0.624. The van der Waals surface area contributed by atoms with E-state index in [4.69, 9.17) is 4.52 Å². The van der Waals surface area contributed by atoms with Crippen molar-refractivity contribution in [2.75, 3.05) is 24.3 Å². The summed E-state index contributed by atoms with van der Waals surface area (Å²) < 4.78 is 5.19. The van der Waals surface area contributed by atoms with Crippen molar-refractivity contribution in [1.29, 1.82) is 0 Å². The van der Waals surface area contributed by atoms with E-state index in [2.05, 4.69) is 10.5 Å². The number of carbonyl (C=O) groups is 1. The highest BCUT2D eigenvalue weighted by molar-refractivity contribution is 5.77. The number of carboxylic acids is 1. The summed E-state index contributed by atoms with van der Waals surface area (Å²) in [6.45, 7) is 3.67. The Hall–Kier alpha value is -2.50. The van der Waals surface area contributed by atoms with Gasteiger partial charge in [0.25, 0.3) is 0 Å². The van der Waals surface area contributed by atoms with Gasteiger partial charge >= 0.3 is 5.97 Å². The van der Waals surface area contributed by atoms with Crippen LogP contribution in [-0.2, 0) is 4.79 Å². The lowest BCUT2D eigenvalue weighted by Crippen LogP contribution is -2.34. The molecule has 0 radical (unpaired) electrons. The molecule has 0 fully saturated rings. The minimum atomic E-state index is -0.914. The van der Waals surface area contributed by atoms with Crippen molar-refractivity contribution in [2.45, 2.75) is 19.9 Å². The fraction of sp³-hybridized carbons (Fsp3) is 0.375. The van der Waals surface area contributed by atoms with Crippen LogP contribution in [0.5, 0.6) is 0 Å². The molecule has 118 valence electrons. The molecular formula is C16H21N3O3. The minimum Gasteiger partial charge on any atom is -0.480 e. The third-order valence-electron chi connectivity index (χ3n) is 3.42. The molecule has 0 aliphatic carbocycles. The summed E-state index contributed by atoms with van der Waals surface area (Å²) >= 11 is 0. The lowest BCUT2D eigenvalue weighted by Gasteiger charge is -2.16. The van der Waals surface area contributed by atoms with Gasteiger partial charge in [0, 0.05) is 31.4 Å². The molecule has 22 heavy (non-hydrogen) atoms. The zero-order chi connectivity index (χ0) is 16.3. The van der Waals surface area contributed by atoms with E-state index in [1.807, 2.05) is 57.1 Å². The third-order valence-corrected chi connectivity index (χ3v) is 3.42. The Labute approximate surface area is 129 Å². The number of anilines is 2. The van der Waals surface area contributed by atoms with E-state index < -0.39 is 12.0 Å². The maximum absolute atomic E-state index is 11.2. The largest absolute Gasteiger partial charge is 0.480 e. The molecule has 0 aliphatic rings. The Morgan fingerprint density at radius 1 is 1.27 bits per heavy atom. The van der Waals surface area contributed by atoms with E-state index in [1.54, 1.807) is 6.07 Å². The van der Waals surface area contributed by atoms with Crippen molar-refractivity contribution in [3.63, 3.8) is 0 Å². The molecule has 0 bridgehead atoms. The van der Waals surface area contributed by atoms with Crippen LogP contribution in [0.25, 0.3) is 11.3 Å². The Balaban J connectivity index is 2.15. The standard InChI is InChI=1S/C16H21N3O3/c1-10(2)15(16(20)21)17-14-9-13(18-22-14)11-5-7-12(8-6-11)19(3)4/h5-10,15,17H,1-4H3,(H,20,21). The first-order valence-electron chi connectivity index (χ1n) is 7.12. The number of rotatable bonds is 6. The summed E-state index contributed by atoms with van der Waals surface area (Å²) in [4.78, 5) is 13.2. The predicted molar refractivity (Wildman–Crippen MR) is 86.2 cm³/mol. The second-order valence-electron chi connectivity index (χ2n) is 5.72. The first kappa shape index (κ1) is 15.9. The zero-order valence-electron chi connectivity index (χ0n) is 13.2. The van der Waals surface area contributed by atoms with E-state index in [1.165, 1.54) is 0 Å². The Morgan fingerprint density at radius 2 is 1.91 bits per heavy atom. The SMILES string of the molecule is CC(C)C(Nc1cc(-c2ccc(N(C)C)cc2)no1)C(=O)O. The van der Waals surface area contributed by atoms with Gasteiger partial charge in [0.05, 0.1) is 0 Å². The molecule has 0 saturated heterocycles. The monoisotopic (exact) mass is 303 g/mol. The first-order valence-corrected chi connectivity index (χ1v) is 7.12. The van der Waals surface area contributed by atoms with Crippen molar-refractivity contribution in [2.24, 2.45) is 5.92 Å². The average molecular weight is 303 g/mol. The molecule has 0 amide bonds. The second-order valence-corrected chi connectivity index (χ2v) is 5.72. The molecule has 0 aliphatic heterocycles. The van der Waals surface area contributed by atoms with Crippen LogP contribution in [0.1, 0.15) is 13.8 Å². The number of hydrogen-bond acceptors (Lipinski definition) is 5. The number of benzene rings is 1. The number of nitrogens with zero attached hydrogens (tertiary/aromatic N) is 2. The van der Waals surface area contributed by atoms with E-state index in [0.717, 1.165) is 11.3 Å². The van der Waals surface area contributed by atoms with Gasteiger partial charge < -0.3 is 19.8 Å². The molecule has 1 heterocycles. The molecule has 1 unspecified atom stereocenters. The quantitative estimate of drug-likeness (QED) is 0.854. The van der Waals surface area contributed by atoms with Gasteiger partial charge in [0.2, 0.25) is 5.88 Å². The number of aliphatic carboxylic acids is 1. The smallest absolute Gasteiger partial charge is 0.326 e. The lowest BCUT2D eigenvalue weighted by atomic mass is 10.1. The van der Waals surface area contributed by atoms with Crippen LogP contribution in [0.3, 0.4) is 0 Å². The van der Waals surface area contributed by atoms with Crippen LogP contribution >= 0.6 is 0 Å². The van der Waals surface area contributed by atoms with Gasteiger partial charge in [-0.3, -0.25) is 0 Å². The number of nitrogens with one attached hydrogen (secondary N) is 1. The topological polar surface area (TPSA) is 78.6 Å². The van der Waals surface area contributed by atoms with Crippen LogP contribution in [-0.4, -0.2) is 36.4 Å². The molecule has 1 atom stereocenters. The third kappa shape index (κ3) is 3.58. The molecule has 2 N–H and O–H groups in total. The van der Waals surface area contributed by atoms with Gasteiger partial charge in [-0.2, -0.15) is 0 Å². The molecule has 1 aromatic heterocycles. The number of carboxylic acid groups (broad SMARTS) is 1. The van der Waals surface area contributed by atoms with E-state index in [0.29, 0.717) is 11.6 Å². The van der Waals surface area contributed by atoms with Crippen LogP contribution in [0.4, 0.5) is 11.6 Å². The number of hydrogen-bond donors (Lipinski definition) is 2. The van der Waals surface area contributed by atoms with Crippen LogP contribution < -0.4 is 10.2 Å². The Kier molecular flexibility index (Phi) is 4.70. The Morgan fingerprint density at radius 3 is 2.41 bits per heavy atom. The summed E-state index contributed by atoms with van der Waals surface area (Å²) in [6, 6.07) is 8.89. The second kappa shape index (κ2) is 6.51. The van der Waals surface area contributed by atoms with Gasteiger partial charge in [0.15, 0.2) is 0 Å². The van der Waals surface area contributed by atoms with Gasteiger partial charge in [0.1, 0.15) is 11.7 Å². The highest BCUT2D eigenvalue weighted by Crippen LogP contribution is 2.25. The zero-order valence-corrected chi connectivity index (χ0v) is 13.2. The molecular weight excluding hydrogens is 282 g/mol. The van der Waals surface area contributed by atoms with Crippen molar-refractivity contribution < 1.29 is 14.4 Å². The van der Waals surface area contributed by atoms with Gasteiger partial charge in [-0.25, -0.2) is 4.79 Å². The summed E-state index contributed by atoms with van der Waals surface area (Å²) in [5.41, 5.74) is 2.68. The number of aromatic nitrogens is 1. The fourth-order valence-corrected chi connectivity index (χ4v) is 2.08. The predicted octanol–water partition coefficient (Wildman–Crippen LogP) is 2.93. The summed E-state index contributed by atoms with van der Waals surface area (Å²) in [6.07, 6.45) is 0. The Bertz CT molecular complexity index is 632. The maximum atomic E-state index is 11.2. The van der Waals surface area contributed by atoms with Gasteiger partial charge in [-0.05, 0) is 18.1 Å². The van der Waals surface area contributed by atoms with Crippen molar-refractivity contribution in [1.82, 2.24) is 5.16 Å². The average Bonchev–Trinajstić information content (AvgIpc) is 2.92. The highest BCUT2D eigenvalue weighted by Gasteiger charge is 2.22. The van der Waals surface area contributed by atoms with E-state index in [9.17, 15) is 9.90 Å².